The van der Waals surface area contributed by atoms with Gasteiger partial charge in [0, 0.05) is 18.8 Å². The zero-order valence-electron chi connectivity index (χ0n) is 20.1. The van der Waals surface area contributed by atoms with Crippen molar-refractivity contribution in [3.63, 3.8) is 0 Å². The van der Waals surface area contributed by atoms with Crippen LogP contribution in [-0.4, -0.2) is 54.4 Å². The van der Waals surface area contributed by atoms with Gasteiger partial charge in [-0.1, -0.05) is 60.7 Å². The number of carbonyl (C=O) groups excluding carboxylic acids is 1. The largest absolute Gasteiger partial charge is 1.00 e. The molecule has 3 fully saturated rings. The number of fused-ring (bicyclic) bond motifs is 3. The molecule has 3 saturated heterocycles. The summed E-state index contributed by atoms with van der Waals surface area (Å²) in [7, 11) is 0. The van der Waals surface area contributed by atoms with E-state index >= 15 is 0 Å². The van der Waals surface area contributed by atoms with E-state index in [1.165, 1.54) is 12.1 Å². The molecule has 190 valence electrons. The molecule has 36 heavy (non-hydrogen) atoms. The first-order chi connectivity index (χ1) is 17.0. The van der Waals surface area contributed by atoms with Crippen molar-refractivity contribution in [3.05, 3.63) is 102 Å². The smallest absolute Gasteiger partial charge is 0.348 e. The van der Waals surface area contributed by atoms with Gasteiger partial charge in [0.1, 0.15) is 31.3 Å². The number of esters is 1. The van der Waals surface area contributed by atoms with E-state index in [4.69, 9.17) is 9.47 Å². The van der Waals surface area contributed by atoms with E-state index in [0.717, 1.165) is 37.0 Å². The van der Waals surface area contributed by atoms with Gasteiger partial charge in [-0.2, -0.15) is 0 Å². The Balaban J connectivity index is 0.00000304. The molecule has 3 aliphatic rings. The number of halogens is 2. The SMILES string of the molecule is O=C(OC1C[N+]2(CCOc3ccc(F)cc3)CCC1CC2)C(O)(c1ccccc1)c1ccccc1.[Br-]. The van der Waals surface area contributed by atoms with E-state index in [-0.39, 0.29) is 28.9 Å². The topological polar surface area (TPSA) is 55.8 Å². The van der Waals surface area contributed by atoms with E-state index in [9.17, 15) is 14.3 Å². The third kappa shape index (κ3) is 5.33. The maximum Gasteiger partial charge on any atom is 0.348 e. The fraction of sp³-hybridized carbons (Fsp3) is 0.345. The summed E-state index contributed by atoms with van der Waals surface area (Å²) in [6, 6.07) is 24.0. The van der Waals surface area contributed by atoms with Gasteiger partial charge in [-0.3, -0.25) is 0 Å². The van der Waals surface area contributed by atoms with Crippen LogP contribution < -0.4 is 21.7 Å². The standard InChI is InChI=1S/C29H31FNO4.BrH/c30-25-11-13-26(14-12-25)34-20-19-31-17-15-22(16-18-31)27(21-31)35-28(32)29(33,23-7-3-1-4-8-23)24-9-5-2-6-10-24;/h1-14,22,27,33H,15-21H2;1H/q+1;/p-1. The minimum absolute atomic E-state index is 0. The van der Waals surface area contributed by atoms with Gasteiger partial charge in [0.05, 0.1) is 13.1 Å². The molecule has 3 heterocycles. The monoisotopic (exact) mass is 555 g/mol. The van der Waals surface area contributed by atoms with Crippen molar-refractivity contribution in [2.75, 3.05) is 32.8 Å². The molecule has 3 aliphatic heterocycles. The summed E-state index contributed by atoms with van der Waals surface area (Å²) in [6.07, 6.45) is 1.70. The number of aliphatic hydroxyl groups is 1. The second-order valence-electron chi connectivity index (χ2n) is 9.72. The Labute approximate surface area is 221 Å². The molecule has 5 nitrogen and oxygen atoms in total. The zero-order valence-corrected chi connectivity index (χ0v) is 21.6. The van der Waals surface area contributed by atoms with Gasteiger partial charge in [-0.15, -0.1) is 0 Å². The highest BCUT2D eigenvalue weighted by atomic mass is 79.9. The highest BCUT2D eigenvalue weighted by molar-refractivity contribution is 5.85. The Morgan fingerprint density at radius 2 is 1.47 bits per heavy atom. The number of hydrogen-bond donors (Lipinski definition) is 1. The molecule has 3 aromatic carbocycles. The lowest BCUT2D eigenvalue weighted by molar-refractivity contribution is -0.946. The van der Waals surface area contributed by atoms with Gasteiger partial charge in [0.25, 0.3) is 0 Å². The van der Waals surface area contributed by atoms with Crippen LogP contribution in [-0.2, 0) is 15.1 Å². The third-order valence-electron chi connectivity index (χ3n) is 7.63. The Bertz CT molecular complexity index is 1100. The second-order valence-corrected chi connectivity index (χ2v) is 9.72. The summed E-state index contributed by atoms with van der Waals surface area (Å²) >= 11 is 0. The zero-order chi connectivity index (χ0) is 24.3. The molecule has 3 aromatic rings. The maximum atomic E-state index is 13.6. The van der Waals surface area contributed by atoms with Crippen LogP contribution in [0.1, 0.15) is 24.0 Å². The van der Waals surface area contributed by atoms with Crippen molar-refractivity contribution >= 4 is 5.97 Å². The average molecular weight is 556 g/mol. The number of carbonyl (C=O) groups is 1. The molecule has 0 aromatic heterocycles. The van der Waals surface area contributed by atoms with E-state index in [1.807, 2.05) is 36.4 Å². The Morgan fingerprint density at radius 3 is 2.03 bits per heavy atom. The van der Waals surface area contributed by atoms with Crippen LogP contribution >= 0.6 is 0 Å². The number of quaternary nitrogens is 1. The Morgan fingerprint density at radius 1 is 0.917 bits per heavy atom. The third-order valence-corrected chi connectivity index (χ3v) is 7.63. The molecular weight excluding hydrogens is 525 g/mol. The van der Waals surface area contributed by atoms with Crippen LogP contribution in [0.15, 0.2) is 84.9 Å². The molecule has 0 amide bonds. The molecule has 1 unspecified atom stereocenters. The maximum absolute atomic E-state index is 13.6. The summed E-state index contributed by atoms with van der Waals surface area (Å²) in [5.74, 6) is 0.0327. The lowest BCUT2D eigenvalue weighted by Gasteiger charge is -2.52. The number of nitrogens with zero attached hydrogens (tertiary/aromatic N) is 1. The molecule has 0 aliphatic carbocycles. The minimum atomic E-state index is -1.87. The predicted molar refractivity (Wildman–Crippen MR) is 130 cm³/mol. The van der Waals surface area contributed by atoms with E-state index in [2.05, 4.69) is 0 Å². The van der Waals surface area contributed by atoms with Gasteiger partial charge >= 0.3 is 5.97 Å². The molecule has 7 heteroatoms. The molecule has 0 spiro atoms. The highest BCUT2D eigenvalue weighted by Gasteiger charge is 2.50. The van der Waals surface area contributed by atoms with E-state index < -0.39 is 11.6 Å². The molecule has 1 atom stereocenters. The fourth-order valence-corrected chi connectivity index (χ4v) is 5.54. The average Bonchev–Trinajstić information content (AvgIpc) is 2.91. The van der Waals surface area contributed by atoms with Crippen molar-refractivity contribution in [1.29, 1.82) is 0 Å². The van der Waals surface area contributed by atoms with Crippen molar-refractivity contribution in [2.24, 2.45) is 5.92 Å². The van der Waals surface area contributed by atoms with Crippen LogP contribution in [0.2, 0.25) is 0 Å². The van der Waals surface area contributed by atoms with Gasteiger partial charge in [-0.05, 0) is 35.4 Å². The Kier molecular flexibility index (Phi) is 8.13. The number of benzene rings is 3. The van der Waals surface area contributed by atoms with Crippen LogP contribution in [0.5, 0.6) is 5.75 Å². The van der Waals surface area contributed by atoms with Crippen LogP contribution in [0.4, 0.5) is 4.39 Å². The van der Waals surface area contributed by atoms with Gasteiger partial charge < -0.3 is 36.0 Å². The molecular formula is C29H31BrFNO4. The number of piperidine rings is 3. The molecule has 1 N–H and O–H groups in total. The van der Waals surface area contributed by atoms with Crippen LogP contribution in [0, 0.1) is 11.7 Å². The Hall–Kier alpha value is -2.74. The van der Waals surface area contributed by atoms with E-state index in [0.29, 0.717) is 35.9 Å². The summed E-state index contributed by atoms with van der Waals surface area (Å²) in [4.78, 5) is 13.6. The molecule has 2 bridgehead atoms. The van der Waals surface area contributed by atoms with Crippen LogP contribution in [0.3, 0.4) is 0 Å². The fourth-order valence-electron chi connectivity index (χ4n) is 5.54. The summed E-state index contributed by atoms with van der Waals surface area (Å²) in [6.45, 7) is 4.05. The lowest BCUT2D eigenvalue weighted by atomic mass is 9.82. The highest BCUT2D eigenvalue weighted by Crippen LogP contribution is 2.38. The number of rotatable bonds is 8. The first-order valence-electron chi connectivity index (χ1n) is 12.3. The molecule has 6 rings (SSSR count). The first kappa shape index (κ1) is 26.3. The van der Waals surface area contributed by atoms with Crippen molar-refractivity contribution in [1.82, 2.24) is 0 Å². The van der Waals surface area contributed by atoms with Crippen LogP contribution in [0.25, 0.3) is 0 Å². The first-order valence-corrected chi connectivity index (χ1v) is 12.3. The van der Waals surface area contributed by atoms with Gasteiger partial charge in [-0.25, -0.2) is 9.18 Å². The second kappa shape index (κ2) is 11.1. The summed E-state index contributed by atoms with van der Waals surface area (Å²) < 4.78 is 26.0. The van der Waals surface area contributed by atoms with Crippen molar-refractivity contribution in [3.8, 4) is 5.75 Å². The van der Waals surface area contributed by atoms with E-state index in [1.54, 1.807) is 36.4 Å². The summed E-state index contributed by atoms with van der Waals surface area (Å²) in [5, 5.41) is 11.7. The normalized spacial score (nSPS) is 22.9. The lowest BCUT2D eigenvalue weighted by Crippen LogP contribution is -3.00. The summed E-state index contributed by atoms with van der Waals surface area (Å²) in [5.41, 5.74) is -0.881. The molecule has 0 radical (unpaired) electrons. The number of ether oxygens (including phenoxy) is 2. The molecule has 0 saturated carbocycles. The number of hydrogen-bond acceptors (Lipinski definition) is 4. The van der Waals surface area contributed by atoms with Crippen molar-refractivity contribution < 1.29 is 45.2 Å². The quantitative estimate of drug-likeness (QED) is 0.336. The van der Waals surface area contributed by atoms with Crippen molar-refractivity contribution in [2.45, 2.75) is 24.5 Å². The van der Waals surface area contributed by atoms with Gasteiger partial charge in [0.2, 0.25) is 5.60 Å². The van der Waals surface area contributed by atoms with Gasteiger partial charge in [0.15, 0.2) is 6.10 Å². The predicted octanol–water partition coefficient (Wildman–Crippen LogP) is 1.30. The minimum Gasteiger partial charge on any atom is -1.00 e.